The highest BCUT2D eigenvalue weighted by Gasteiger charge is 2.19. The highest BCUT2D eigenvalue weighted by Crippen LogP contribution is 2.29. The number of aliphatic hydroxyl groups excluding tert-OH is 1. The van der Waals surface area contributed by atoms with Crippen LogP contribution in [-0.4, -0.2) is 58.0 Å². The van der Waals surface area contributed by atoms with E-state index in [1.807, 2.05) is 0 Å². The van der Waals surface area contributed by atoms with Gasteiger partial charge in [0.15, 0.2) is 6.29 Å². The fourth-order valence-electron chi connectivity index (χ4n) is 5.09. The van der Waals surface area contributed by atoms with Crippen LogP contribution in [0.25, 0.3) is 11.1 Å². The predicted octanol–water partition coefficient (Wildman–Crippen LogP) is 7.04. The molecule has 0 heterocycles. The van der Waals surface area contributed by atoms with E-state index >= 15 is 0 Å². The Balaban J connectivity index is 2.19. The van der Waals surface area contributed by atoms with Crippen molar-refractivity contribution < 1.29 is 28.8 Å². The van der Waals surface area contributed by atoms with Crippen LogP contribution in [0.1, 0.15) is 68.7 Å². The third-order valence-corrected chi connectivity index (χ3v) is 7.63. The summed E-state index contributed by atoms with van der Waals surface area (Å²) in [6.07, 6.45) is 7.75. The van der Waals surface area contributed by atoms with Gasteiger partial charge in [0.2, 0.25) is 0 Å². The summed E-state index contributed by atoms with van der Waals surface area (Å²) in [5, 5.41) is 9.23. The lowest BCUT2D eigenvalue weighted by Crippen LogP contribution is -2.27. The van der Waals surface area contributed by atoms with E-state index in [4.69, 9.17) is 18.9 Å². The Hall–Kier alpha value is -2.77. The van der Waals surface area contributed by atoms with Crippen LogP contribution in [0.2, 0.25) is 0 Å². The van der Waals surface area contributed by atoms with Crippen molar-refractivity contribution in [2.45, 2.75) is 78.4 Å². The highest BCUT2D eigenvalue weighted by atomic mass is 16.7. The molecule has 1 N–H and O–H groups in total. The van der Waals surface area contributed by atoms with Crippen LogP contribution in [0.3, 0.4) is 0 Å². The lowest BCUT2D eigenvalue weighted by atomic mass is 9.90. The molecule has 0 saturated carbocycles. The topological polar surface area (TPSA) is 74.2 Å². The minimum atomic E-state index is -0.619. The van der Waals surface area contributed by atoms with Crippen molar-refractivity contribution in [1.82, 2.24) is 0 Å². The monoisotopic (exact) mass is 580 g/mol. The smallest absolute Gasteiger partial charge is 0.335 e. The minimum Gasteiger partial charge on any atom is -0.462 e. The molecule has 0 radical (unpaired) electrons. The van der Waals surface area contributed by atoms with E-state index in [9.17, 15) is 9.90 Å². The molecule has 6 heteroatoms. The van der Waals surface area contributed by atoms with E-state index in [2.05, 4.69) is 70.3 Å². The molecule has 2 aromatic rings. The van der Waals surface area contributed by atoms with Gasteiger partial charge in [-0.05, 0) is 71.9 Å². The second-order valence-electron chi connectivity index (χ2n) is 10.9. The molecule has 0 saturated heterocycles. The zero-order valence-electron chi connectivity index (χ0n) is 26.5. The molecule has 2 atom stereocenters. The summed E-state index contributed by atoms with van der Waals surface area (Å²) in [5.74, 6) is -0.693. The molecule has 6 nitrogen and oxygen atoms in total. The Morgan fingerprint density at radius 2 is 1.67 bits per heavy atom. The lowest BCUT2D eigenvalue weighted by molar-refractivity contribution is -0.144. The van der Waals surface area contributed by atoms with E-state index in [0.29, 0.717) is 18.8 Å². The fourth-order valence-corrected chi connectivity index (χ4v) is 5.09. The number of aliphatic hydroxyl groups is 1. The Labute approximate surface area is 253 Å². The zero-order valence-corrected chi connectivity index (χ0v) is 26.5. The van der Waals surface area contributed by atoms with Gasteiger partial charge in [-0.1, -0.05) is 83.2 Å². The maximum atomic E-state index is 12.2. The average Bonchev–Trinajstić information content (AvgIpc) is 3.01. The summed E-state index contributed by atoms with van der Waals surface area (Å²) in [6.45, 7) is 14.6. The van der Waals surface area contributed by atoms with E-state index in [1.165, 1.54) is 52.6 Å². The number of aryl methyl sites for hydroxylation is 4. The molecule has 0 fully saturated rings. The highest BCUT2D eigenvalue weighted by molar-refractivity contribution is 5.87. The van der Waals surface area contributed by atoms with E-state index < -0.39 is 18.9 Å². The third kappa shape index (κ3) is 11.1. The van der Waals surface area contributed by atoms with Crippen LogP contribution >= 0.6 is 0 Å². The fraction of sp³-hybridized carbons (Fsp3) is 0.528. The van der Waals surface area contributed by atoms with Crippen LogP contribution in [0.4, 0.5) is 0 Å². The Morgan fingerprint density at radius 3 is 2.31 bits per heavy atom. The van der Waals surface area contributed by atoms with Crippen molar-refractivity contribution in [1.29, 1.82) is 0 Å². The Kier molecular flexibility index (Phi) is 16.4. The summed E-state index contributed by atoms with van der Waals surface area (Å²) in [6, 6.07) is 13.8. The number of benzene rings is 2. The SMILES string of the molecule is C=C(CO)C(=O)OCC(CCc1ccc(-c2ccc(CCCCC)cc2CC)cc1CC)COC(OC)C(=C)COC. The number of methoxy groups -OCH3 is 2. The van der Waals surface area contributed by atoms with Gasteiger partial charge in [-0.25, -0.2) is 4.79 Å². The van der Waals surface area contributed by atoms with Crippen LogP contribution in [0.15, 0.2) is 60.7 Å². The second kappa shape index (κ2) is 19.4. The number of ether oxygens (including phenoxy) is 4. The van der Waals surface area contributed by atoms with E-state index in [1.54, 1.807) is 14.2 Å². The van der Waals surface area contributed by atoms with Crippen LogP contribution in [0, 0.1) is 5.92 Å². The number of unbranched alkanes of at least 4 members (excludes halogenated alkanes) is 2. The number of hydrogen-bond donors (Lipinski definition) is 1. The first-order valence-electron chi connectivity index (χ1n) is 15.3. The standard InChI is InChI=1S/C36H52O6/c1-8-11-12-13-28-15-19-34(31(10-3)20-28)33-18-17-32(30(9-2)21-33)16-14-29(24-41-35(38)26(4)22-37)25-42-36(40-7)27(5)23-39-6/h15,17-21,29,36-37H,4-5,8-14,16,22-25H2,1-3,6-7H3. The maximum Gasteiger partial charge on any atom is 0.335 e. The van der Waals surface area contributed by atoms with Crippen molar-refractivity contribution in [3.8, 4) is 11.1 Å². The molecule has 0 aromatic heterocycles. The molecule has 2 unspecified atom stereocenters. The van der Waals surface area contributed by atoms with Crippen molar-refractivity contribution in [3.05, 3.63) is 83.0 Å². The molecule has 2 rings (SSSR count). The van der Waals surface area contributed by atoms with Crippen molar-refractivity contribution >= 4 is 5.97 Å². The van der Waals surface area contributed by atoms with E-state index in [-0.39, 0.29) is 18.1 Å². The molecular weight excluding hydrogens is 528 g/mol. The average molecular weight is 581 g/mol. The van der Waals surface area contributed by atoms with Gasteiger partial charge in [-0.3, -0.25) is 0 Å². The molecule has 0 spiro atoms. The van der Waals surface area contributed by atoms with Crippen LogP contribution in [0.5, 0.6) is 0 Å². The van der Waals surface area contributed by atoms with Gasteiger partial charge in [0.25, 0.3) is 0 Å². The number of hydrogen-bond acceptors (Lipinski definition) is 6. The van der Waals surface area contributed by atoms with Gasteiger partial charge in [0.1, 0.15) is 0 Å². The quantitative estimate of drug-likeness (QED) is 0.0561. The molecule has 0 aliphatic heterocycles. The van der Waals surface area contributed by atoms with Gasteiger partial charge < -0.3 is 24.1 Å². The Bertz CT molecular complexity index is 1140. The third-order valence-electron chi connectivity index (χ3n) is 7.63. The number of carbonyl (C=O) groups is 1. The molecule has 0 bridgehead atoms. The van der Waals surface area contributed by atoms with Crippen LogP contribution in [-0.2, 0) is 49.4 Å². The first-order valence-corrected chi connectivity index (χ1v) is 15.3. The first kappa shape index (κ1) is 35.4. The van der Waals surface area contributed by atoms with Gasteiger partial charge in [0, 0.05) is 25.7 Å². The molecule has 2 aromatic carbocycles. The summed E-state index contributed by atoms with van der Waals surface area (Å²) in [5.41, 5.74) is 8.68. The Morgan fingerprint density at radius 1 is 0.905 bits per heavy atom. The van der Waals surface area contributed by atoms with Crippen molar-refractivity contribution in [2.24, 2.45) is 5.92 Å². The summed E-state index contributed by atoms with van der Waals surface area (Å²) < 4.78 is 22.1. The number of esters is 1. The molecule has 0 amide bonds. The maximum absolute atomic E-state index is 12.2. The van der Waals surface area contributed by atoms with Crippen LogP contribution < -0.4 is 0 Å². The minimum absolute atomic E-state index is 0.0298. The number of rotatable bonds is 21. The summed E-state index contributed by atoms with van der Waals surface area (Å²) in [7, 11) is 3.16. The zero-order chi connectivity index (χ0) is 30.9. The van der Waals surface area contributed by atoms with E-state index in [0.717, 1.165) is 32.1 Å². The normalized spacial score (nSPS) is 12.6. The van der Waals surface area contributed by atoms with Gasteiger partial charge in [-0.2, -0.15) is 0 Å². The van der Waals surface area contributed by atoms with Gasteiger partial charge >= 0.3 is 5.97 Å². The second-order valence-corrected chi connectivity index (χ2v) is 10.9. The number of carbonyl (C=O) groups excluding carboxylic acids is 1. The largest absolute Gasteiger partial charge is 0.462 e. The van der Waals surface area contributed by atoms with Crippen molar-refractivity contribution in [2.75, 3.05) is 40.6 Å². The molecule has 0 aliphatic rings. The van der Waals surface area contributed by atoms with Gasteiger partial charge in [-0.15, -0.1) is 0 Å². The molecular formula is C36H52O6. The predicted molar refractivity (Wildman–Crippen MR) is 171 cm³/mol. The molecule has 232 valence electrons. The van der Waals surface area contributed by atoms with Crippen molar-refractivity contribution in [3.63, 3.8) is 0 Å². The lowest BCUT2D eigenvalue weighted by Gasteiger charge is -2.23. The molecule has 42 heavy (non-hydrogen) atoms. The summed E-state index contributed by atoms with van der Waals surface area (Å²) >= 11 is 0. The van der Waals surface area contributed by atoms with Gasteiger partial charge in [0.05, 0.1) is 32.0 Å². The summed E-state index contributed by atoms with van der Waals surface area (Å²) in [4.78, 5) is 12.2. The molecule has 0 aliphatic carbocycles. The first-order chi connectivity index (χ1) is 20.3.